The average molecular weight is 441 g/mol. The molecule has 7 nitrogen and oxygen atoms in total. The lowest BCUT2D eigenvalue weighted by Gasteiger charge is -2.28. The fourth-order valence-corrected chi connectivity index (χ4v) is 4.13. The topological polar surface area (TPSA) is 87.2 Å². The van der Waals surface area contributed by atoms with Gasteiger partial charge in [-0.15, -0.1) is 0 Å². The molecule has 7 heteroatoms. The Bertz CT molecular complexity index is 564. The van der Waals surface area contributed by atoms with Crippen LogP contribution in [0, 0.1) is 0 Å². The number of rotatable bonds is 17. The highest BCUT2D eigenvalue weighted by Crippen LogP contribution is 2.26. The first-order chi connectivity index (χ1) is 14.8. The largest absolute Gasteiger partial charge is 0.466 e. The summed E-state index contributed by atoms with van der Waals surface area (Å²) >= 11 is 0. The second-order valence-corrected chi connectivity index (χ2v) is 8.89. The minimum absolute atomic E-state index is 0.124. The summed E-state index contributed by atoms with van der Waals surface area (Å²) in [6.45, 7) is 8.79. The second kappa shape index (κ2) is 14.4. The van der Waals surface area contributed by atoms with Crippen molar-refractivity contribution in [3.63, 3.8) is 0 Å². The smallest absolute Gasteiger partial charge is 0.327 e. The van der Waals surface area contributed by atoms with Crippen molar-refractivity contribution in [2.75, 3.05) is 19.7 Å². The fourth-order valence-electron chi connectivity index (χ4n) is 4.13. The zero-order valence-corrected chi connectivity index (χ0v) is 20.2. The molecule has 1 aliphatic heterocycles. The lowest BCUT2D eigenvalue weighted by molar-refractivity contribution is -0.143. The van der Waals surface area contributed by atoms with Crippen LogP contribution in [0.3, 0.4) is 0 Å². The maximum absolute atomic E-state index is 12.7. The van der Waals surface area contributed by atoms with Crippen molar-refractivity contribution in [3.8, 4) is 0 Å². The molecule has 0 spiro atoms. The van der Waals surface area contributed by atoms with Gasteiger partial charge in [0.2, 0.25) is 0 Å². The van der Waals surface area contributed by atoms with Gasteiger partial charge in [-0.05, 0) is 46.5 Å². The number of esters is 1. The van der Waals surface area contributed by atoms with Gasteiger partial charge in [-0.25, -0.2) is 4.79 Å². The number of amides is 3. The fraction of sp³-hybridized carbons (Fsp3) is 0.875. The zero-order valence-electron chi connectivity index (χ0n) is 20.2. The molecule has 0 aromatic rings. The maximum atomic E-state index is 12.7. The van der Waals surface area contributed by atoms with E-state index in [4.69, 9.17) is 4.74 Å². The van der Waals surface area contributed by atoms with Crippen LogP contribution in [0.2, 0.25) is 0 Å². The highest BCUT2D eigenvalue weighted by atomic mass is 16.5. The summed E-state index contributed by atoms with van der Waals surface area (Å²) in [7, 11) is 0. The van der Waals surface area contributed by atoms with Crippen molar-refractivity contribution in [1.29, 1.82) is 0 Å². The highest BCUT2D eigenvalue weighted by Gasteiger charge is 2.44. The molecule has 2 atom stereocenters. The molecule has 180 valence electrons. The van der Waals surface area contributed by atoms with Gasteiger partial charge in [0.05, 0.1) is 12.2 Å². The van der Waals surface area contributed by atoms with Crippen LogP contribution in [0.25, 0.3) is 0 Å². The lowest BCUT2D eigenvalue weighted by atomic mass is 9.94. The van der Waals surface area contributed by atoms with E-state index in [1.807, 2.05) is 13.8 Å². The predicted octanol–water partition coefficient (Wildman–Crippen LogP) is 4.65. The molecule has 0 bridgehead atoms. The van der Waals surface area contributed by atoms with Crippen LogP contribution in [0.15, 0.2) is 0 Å². The summed E-state index contributed by atoms with van der Waals surface area (Å²) in [4.78, 5) is 39.9. The molecule has 1 rings (SSSR count). The molecule has 1 fully saturated rings. The Kier molecular flexibility index (Phi) is 12.8. The number of carbonyl (C=O) groups excluding carboxylic acids is 3. The molecule has 2 unspecified atom stereocenters. The van der Waals surface area contributed by atoms with E-state index >= 15 is 0 Å². The third-order valence-electron chi connectivity index (χ3n) is 6.09. The van der Waals surface area contributed by atoms with Crippen molar-refractivity contribution in [1.82, 2.24) is 9.80 Å². The van der Waals surface area contributed by atoms with E-state index in [9.17, 15) is 19.5 Å². The van der Waals surface area contributed by atoms with E-state index in [0.717, 1.165) is 44.9 Å². The van der Waals surface area contributed by atoms with E-state index in [1.54, 1.807) is 11.8 Å². The Morgan fingerprint density at radius 1 is 1.00 bits per heavy atom. The summed E-state index contributed by atoms with van der Waals surface area (Å²) < 4.78 is 4.93. The van der Waals surface area contributed by atoms with Crippen LogP contribution >= 0.6 is 0 Å². The molecule has 1 N–H and O–H groups in total. The molecular formula is C24H44N2O5. The normalized spacial score (nSPS) is 18.5. The molecule has 0 aromatic carbocycles. The van der Waals surface area contributed by atoms with Crippen LogP contribution in [0.4, 0.5) is 4.79 Å². The Labute approximate surface area is 188 Å². The first-order valence-corrected chi connectivity index (χ1v) is 12.3. The third-order valence-corrected chi connectivity index (χ3v) is 6.09. The number of unbranched alkanes of at least 4 members (excludes halogenated alkanes) is 6. The van der Waals surface area contributed by atoms with E-state index in [2.05, 4.69) is 6.92 Å². The van der Waals surface area contributed by atoms with Gasteiger partial charge >= 0.3 is 12.0 Å². The SMILES string of the molecule is CCCCCCC(C)(O)CCN1C(=O)N(CC)C(=O)C1CCCCCCC(=O)OCC. The Morgan fingerprint density at radius 2 is 1.68 bits per heavy atom. The van der Waals surface area contributed by atoms with Gasteiger partial charge in [0, 0.05) is 19.5 Å². The monoisotopic (exact) mass is 440 g/mol. The highest BCUT2D eigenvalue weighted by molar-refractivity contribution is 6.04. The van der Waals surface area contributed by atoms with Gasteiger partial charge in [0.1, 0.15) is 6.04 Å². The quantitative estimate of drug-likeness (QED) is 0.202. The van der Waals surface area contributed by atoms with E-state index in [1.165, 1.54) is 11.3 Å². The molecule has 3 amide bonds. The number of aliphatic hydroxyl groups is 1. The van der Waals surface area contributed by atoms with Gasteiger partial charge in [0.25, 0.3) is 5.91 Å². The molecule has 0 aliphatic carbocycles. The van der Waals surface area contributed by atoms with Crippen molar-refractivity contribution in [3.05, 3.63) is 0 Å². The van der Waals surface area contributed by atoms with E-state index < -0.39 is 11.6 Å². The van der Waals surface area contributed by atoms with Gasteiger partial charge < -0.3 is 14.7 Å². The number of likely N-dealkylation sites (N-methyl/N-ethyl adjacent to an activating group) is 1. The van der Waals surface area contributed by atoms with Gasteiger partial charge in [0.15, 0.2) is 0 Å². The van der Waals surface area contributed by atoms with Crippen molar-refractivity contribution >= 4 is 17.9 Å². The summed E-state index contributed by atoms with van der Waals surface area (Å²) in [5, 5.41) is 10.7. The van der Waals surface area contributed by atoms with Crippen molar-refractivity contribution in [2.24, 2.45) is 0 Å². The van der Waals surface area contributed by atoms with Crippen LogP contribution in [0.5, 0.6) is 0 Å². The number of imide groups is 1. The Balaban J connectivity index is 2.50. The molecular weight excluding hydrogens is 396 g/mol. The third kappa shape index (κ3) is 9.58. The number of carbonyl (C=O) groups is 3. The van der Waals surface area contributed by atoms with E-state index in [0.29, 0.717) is 45.4 Å². The summed E-state index contributed by atoms with van der Waals surface area (Å²) in [5.41, 5.74) is -0.825. The molecule has 1 heterocycles. The van der Waals surface area contributed by atoms with Crippen molar-refractivity contribution in [2.45, 2.75) is 116 Å². The zero-order chi connectivity index (χ0) is 23.3. The number of urea groups is 1. The van der Waals surface area contributed by atoms with Crippen LogP contribution in [-0.2, 0) is 14.3 Å². The molecule has 0 radical (unpaired) electrons. The maximum Gasteiger partial charge on any atom is 0.327 e. The second-order valence-electron chi connectivity index (χ2n) is 8.89. The number of ether oxygens (including phenoxy) is 1. The number of hydrogen-bond donors (Lipinski definition) is 1. The minimum atomic E-state index is -0.825. The molecule has 1 saturated heterocycles. The van der Waals surface area contributed by atoms with Crippen molar-refractivity contribution < 1.29 is 24.2 Å². The van der Waals surface area contributed by atoms with Crippen LogP contribution in [-0.4, -0.2) is 64.2 Å². The lowest BCUT2D eigenvalue weighted by Crippen LogP contribution is -2.39. The Hall–Kier alpha value is -1.63. The summed E-state index contributed by atoms with van der Waals surface area (Å²) in [5.74, 6) is -0.285. The van der Waals surface area contributed by atoms with Gasteiger partial charge in [-0.2, -0.15) is 0 Å². The number of hydrogen-bond acceptors (Lipinski definition) is 5. The first kappa shape index (κ1) is 27.4. The molecule has 1 aliphatic rings. The van der Waals surface area contributed by atoms with Crippen LogP contribution < -0.4 is 0 Å². The number of nitrogens with zero attached hydrogens (tertiary/aromatic N) is 2. The van der Waals surface area contributed by atoms with E-state index in [-0.39, 0.29) is 17.9 Å². The molecule has 31 heavy (non-hydrogen) atoms. The van der Waals surface area contributed by atoms with Gasteiger partial charge in [-0.1, -0.05) is 51.9 Å². The van der Waals surface area contributed by atoms with Gasteiger partial charge in [-0.3, -0.25) is 14.5 Å². The standard InChI is InChI=1S/C24H44N2O5/c1-5-8-9-14-17-24(4,30)18-19-26-20(22(28)25(6-2)23(26)29)15-12-10-11-13-16-21(27)31-7-3/h20,30H,5-19H2,1-4H3. The predicted molar refractivity (Wildman–Crippen MR) is 122 cm³/mol. The molecule has 0 saturated carbocycles. The Morgan fingerprint density at radius 3 is 2.32 bits per heavy atom. The summed E-state index contributed by atoms with van der Waals surface area (Å²) in [6.07, 6.45) is 10.1. The summed E-state index contributed by atoms with van der Waals surface area (Å²) in [6, 6.07) is -0.671. The molecule has 0 aromatic heterocycles. The van der Waals surface area contributed by atoms with Crippen LogP contribution in [0.1, 0.15) is 105 Å². The first-order valence-electron chi connectivity index (χ1n) is 12.3. The average Bonchev–Trinajstić information content (AvgIpc) is 2.95. The minimum Gasteiger partial charge on any atom is -0.466 e.